The summed E-state index contributed by atoms with van der Waals surface area (Å²) in [6, 6.07) is 5.69. The predicted octanol–water partition coefficient (Wildman–Crippen LogP) is 1.74. The summed E-state index contributed by atoms with van der Waals surface area (Å²) in [4.78, 5) is 8.40. The highest BCUT2D eigenvalue weighted by Crippen LogP contribution is 2.18. The van der Waals surface area contributed by atoms with Crippen LogP contribution in [-0.2, 0) is 6.54 Å². The zero-order valence-electron chi connectivity index (χ0n) is 7.47. The van der Waals surface area contributed by atoms with Gasteiger partial charge in [0.25, 0.3) is 0 Å². The van der Waals surface area contributed by atoms with Gasteiger partial charge in [0.2, 0.25) is 0 Å². The van der Waals surface area contributed by atoms with E-state index in [4.69, 9.17) is 5.73 Å². The van der Waals surface area contributed by atoms with Crippen LogP contribution in [0, 0.1) is 0 Å². The maximum Gasteiger partial charge on any atom is 0.188 e. The molecule has 2 heterocycles. The van der Waals surface area contributed by atoms with Crippen molar-refractivity contribution in [3.05, 3.63) is 35.5 Å². The van der Waals surface area contributed by atoms with Crippen molar-refractivity contribution in [1.29, 1.82) is 0 Å². The number of aromatic nitrogens is 2. The minimum Gasteiger partial charge on any atom is -0.325 e. The molecule has 2 aromatic rings. The predicted molar refractivity (Wildman–Crippen MR) is 57.5 cm³/mol. The fourth-order valence-electron chi connectivity index (χ4n) is 1.00. The van der Waals surface area contributed by atoms with E-state index in [0.29, 0.717) is 6.54 Å². The van der Waals surface area contributed by atoms with Crippen LogP contribution < -0.4 is 11.1 Å². The number of pyridine rings is 1. The molecule has 5 heteroatoms. The summed E-state index contributed by atoms with van der Waals surface area (Å²) >= 11 is 1.53. The maximum absolute atomic E-state index is 5.46. The van der Waals surface area contributed by atoms with Crippen LogP contribution in [0.5, 0.6) is 0 Å². The second-order valence-corrected chi connectivity index (χ2v) is 3.55. The fraction of sp³-hybridized carbons (Fsp3) is 0.111. The summed E-state index contributed by atoms with van der Waals surface area (Å²) in [7, 11) is 0. The van der Waals surface area contributed by atoms with E-state index in [0.717, 1.165) is 16.6 Å². The molecule has 0 unspecified atom stereocenters. The molecule has 0 aromatic carbocycles. The first-order chi connectivity index (χ1) is 6.88. The zero-order valence-corrected chi connectivity index (χ0v) is 8.29. The fourth-order valence-corrected chi connectivity index (χ4v) is 1.73. The molecule has 0 spiro atoms. The second kappa shape index (κ2) is 4.17. The van der Waals surface area contributed by atoms with Crippen LogP contribution in [0.1, 0.15) is 5.69 Å². The van der Waals surface area contributed by atoms with E-state index in [2.05, 4.69) is 15.3 Å². The van der Waals surface area contributed by atoms with Crippen LogP contribution in [-0.4, -0.2) is 9.97 Å². The van der Waals surface area contributed by atoms with Crippen LogP contribution in [0.4, 0.5) is 10.9 Å². The highest BCUT2D eigenvalue weighted by atomic mass is 32.1. The number of nitrogens with two attached hydrogens (primary N) is 1. The molecule has 0 aliphatic carbocycles. The quantitative estimate of drug-likeness (QED) is 0.803. The van der Waals surface area contributed by atoms with Crippen molar-refractivity contribution < 1.29 is 0 Å². The van der Waals surface area contributed by atoms with E-state index in [1.807, 2.05) is 23.6 Å². The lowest BCUT2D eigenvalue weighted by Crippen LogP contribution is -1.97. The first-order valence-corrected chi connectivity index (χ1v) is 5.09. The van der Waals surface area contributed by atoms with Gasteiger partial charge in [-0.1, -0.05) is 6.07 Å². The van der Waals surface area contributed by atoms with Gasteiger partial charge < -0.3 is 11.1 Å². The minimum absolute atomic E-state index is 0.473. The molecule has 0 radical (unpaired) electrons. The largest absolute Gasteiger partial charge is 0.325 e. The molecule has 2 rings (SSSR count). The van der Waals surface area contributed by atoms with Crippen molar-refractivity contribution in [3.8, 4) is 0 Å². The molecule has 0 aliphatic rings. The highest BCUT2D eigenvalue weighted by molar-refractivity contribution is 7.13. The van der Waals surface area contributed by atoms with E-state index >= 15 is 0 Å². The monoisotopic (exact) mass is 206 g/mol. The lowest BCUT2D eigenvalue weighted by Gasteiger charge is -1.98. The molecule has 2 aromatic heterocycles. The van der Waals surface area contributed by atoms with Crippen molar-refractivity contribution in [2.75, 3.05) is 5.32 Å². The molecule has 0 amide bonds. The van der Waals surface area contributed by atoms with Gasteiger partial charge >= 0.3 is 0 Å². The van der Waals surface area contributed by atoms with Gasteiger partial charge in [0.1, 0.15) is 5.82 Å². The molecule has 4 nitrogen and oxygen atoms in total. The minimum atomic E-state index is 0.473. The Morgan fingerprint density at radius 3 is 3.00 bits per heavy atom. The van der Waals surface area contributed by atoms with Crippen molar-refractivity contribution in [3.63, 3.8) is 0 Å². The van der Waals surface area contributed by atoms with Crippen LogP contribution >= 0.6 is 11.3 Å². The van der Waals surface area contributed by atoms with Crippen LogP contribution in [0.2, 0.25) is 0 Å². The summed E-state index contributed by atoms with van der Waals surface area (Å²) < 4.78 is 0. The Balaban J connectivity index is 2.11. The van der Waals surface area contributed by atoms with Crippen molar-refractivity contribution in [1.82, 2.24) is 9.97 Å². The van der Waals surface area contributed by atoms with Crippen LogP contribution in [0.15, 0.2) is 29.8 Å². The van der Waals surface area contributed by atoms with Gasteiger partial charge in [-0.15, -0.1) is 11.3 Å². The summed E-state index contributed by atoms with van der Waals surface area (Å²) in [6.45, 7) is 0.473. The molecule has 0 aliphatic heterocycles. The van der Waals surface area contributed by atoms with Gasteiger partial charge in [0, 0.05) is 18.1 Å². The average Bonchev–Trinajstić information content (AvgIpc) is 2.67. The molecule has 0 bridgehead atoms. The van der Waals surface area contributed by atoms with Crippen molar-refractivity contribution >= 4 is 22.3 Å². The molecule has 0 atom stereocenters. The molecular formula is C9H10N4S. The van der Waals surface area contributed by atoms with E-state index in [9.17, 15) is 0 Å². The molecule has 3 N–H and O–H groups in total. The number of nitrogens with one attached hydrogen (secondary N) is 1. The topological polar surface area (TPSA) is 63.8 Å². The second-order valence-electron chi connectivity index (χ2n) is 2.69. The van der Waals surface area contributed by atoms with Crippen LogP contribution in [0.3, 0.4) is 0 Å². The average molecular weight is 206 g/mol. The third-order valence-electron chi connectivity index (χ3n) is 1.66. The molecular weight excluding hydrogens is 196 g/mol. The van der Waals surface area contributed by atoms with E-state index in [1.165, 1.54) is 11.3 Å². The summed E-state index contributed by atoms with van der Waals surface area (Å²) in [5.41, 5.74) is 6.35. The number of rotatable bonds is 3. The lowest BCUT2D eigenvalue weighted by atomic mass is 10.5. The number of hydrogen-bond donors (Lipinski definition) is 2. The summed E-state index contributed by atoms with van der Waals surface area (Å²) in [5.74, 6) is 0.797. The Morgan fingerprint density at radius 1 is 1.43 bits per heavy atom. The first-order valence-electron chi connectivity index (χ1n) is 4.21. The Bertz CT molecular complexity index is 398. The van der Waals surface area contributed by atoms with Gasteiger partial charge in [-0.05, 0) is 12.1 Å². The van der Waals surface area contributed by atoms with E-state index in [-0.39, 0.29) is 0 Å². The Hall–Kier alpha value is -1.46. The first kappa shape index (κ1) is 9.11. The number of hydrogen-bond acceptors (Lipinski definition) is 5. The highest BCUT2D eigenvalue weighted by Gasteiger charge is 2.00. The number of anilines is 2. The third-order valence-corrected chi connectivity index (χ3v) is 2.47. The Kier molecular flexibility index (Phi) is 2.71. The summed E-state index contributed by atoms with van der Waals surface area (Å²) in [6.07, 6.45) is 1.74. The van der Waals surface area contributed by atoms with Gasteiger partial charge in [-0.2, -0.15) is 0 Å². The van der Waals surface area contributed by atoms with Gasteiger partial charge in [0.05, 0.1) is 5.69 Å². The Morgan fingerprint density at radius 2 is 2.36 bits per heavy atom. The van der Waals surface area contributed by atoms with Gasteiger partial charge in [-0.3, -0.25) is 0 Å². The van der Waals surface area contributed by atoms with Gasteiger partial charge in [0.15, 0.2) is 5.13 Å². The molecule has 0 fully saturated rings. The van der Waals surface area contributed by atoms with Crippen molar-refractivity contribution in [2.24, 2.45) is 5.73 Å². The molecule has 0 saturated heterocycles. The van der Waals surface area contributed by atoms with Crippen LogP contribution in [0.25, 0.3) is 0 Å². The number of thiazole rings is 1. The molecule has 72 valence electrons. The zero-order chi connectivity index (χ0) is 9.80. The number of nitrogens with zero attached hydrogens (tertiary/aromatic N) is 2. The SMILES string of the molecule is NCc1csc(Nc2ccccn2)n1. The summed E-state index contributed by atoms with van der Waals surface area (Å²) in [5, 5.41) is 5.86. The smallest absolute Gasteiger partial charge is 0.188 e. The Labute approximate surface area is 85.8 Å². The molecule has 14 heavy (non-hydrogen) atoms. The maximum atomic E-state index is 5.46. The normalized spacial score (nSPS) is 10.1. The van der Waals surface area contributed by atoms with E-state index in [1.54, 1.807) is 6.20 Å². The van der Waals surface area contributed by atoms with Crippen molar-refractivity contribution in [2.45, 2.75) is 6.54 Å². The molecule has 0 saturated carbocycles. The lowest BCUT2D eigenvalue weighted by molar-refractivity contribution is 1.01. The van der Waals surface area contributed by atoms with E-state index < -0.39 is 0 Å². The third kappa shape index (κ3) is 2.07. The standard InChI is InChI=1S/C9H10N4S/c10-5-7-6-14-9(12-7)13-8-3-1-2-4-11-8/h1-4,6H,5,10H2,(H,11,12,13). The van der Waals surface area contributed by atoms with Gasteiger partial charge in [-0.25, -0.2) is 9.97 Å².